The Hall–Kier alpha value is -3.28. The van der Waals surface area contributed by atoms with E-state index in [0.717, 1.165) is 0 Å². The third kappa shape index (κ3) is 3.06. The molecule has 6 nitrogen and oxygen atoms in total. The van der Waals surface area contributed by atoms with E-state index in [4.69, 9.17) is 15.2 Å². The lowest BCUT2D eigenvalue weighted by molar-refractivity contribution is 0.0841. The molecule has 0 aliphatic rings. The number of primary amides is 1. The molecule has 25 heavy (non-hydrogen) atoms. The van der Waals surface area contributed by atoms with E-state index in [1.807, 2.05) is 0 Å². The third-order valence-corrected chi connectivity index (χ3v) is 4.03. The fourth-order valence-electron chi connectivity index (χ4n) is 2.88. The number of nitrogens with two attached hydrogens (primary N) is 1. The monoisotopic (exact) mass is 338 g/mol. The first-order chi connectivity index (χ1) is 12.0. The number of carbonyl (C=O) groups excluding carboxylic acids is 2. The molecule has 6 heteroatoms. The number of nitrogens with zero attached hydrogens (tertiary/aromatic N) is 1. The van der Waals surface area contributed by atoms with Crippen molar-refractivity contribution in [3.8, 4) is 11.5 Å². The van der Waals surface area contributed by atoms with Gasteiger partial charge in [0.15, 0.2) is 6.61 Å². The Kier molecular flexibility index (Phi) is 4.43. The summed E-state index contributed by atoms with van der Waals surface area (Å²) in [4.78, 5) is 24.4. The normalized spacial score (nSPS) is 10.6. The predicted octanol–water partition coefficient (Wildman–Crippen LogP) is 2.78. The minimum Gasteiger partial charge on any atom is -0.497 e. The topological polar surface area (TPSA) is 83.6 Å². The van der Waals surface area contributed by atoms with Crippen molar-refractivity contribution in [2.75, 3.05) is 13.7 Å². The zero-order valence-electron chi connectivity index (χ0n) is 14.0. The second-order valence-electron chi connectivity index (χ2n) is 5.54. The zero-order chi connectivity index (χ0) is 18.0. The number of carbonyl (C=O) groups is 2. The van der Waals surface area contributed by atoms with Gasteiger partial charge in [-0.05, 0) is 37.3 Å². The van der Waals surface area contributed by atoms with Crippen LogP contribution in [0.1, 0.15) is 20.8 Å². The lowest BCUT2D eigenvalue weighted by Crippen LogP contribution is -2.21. The van der Waals surface area contributed by atoms with Gasteiger partial charge >= 0.3 is 0 Å². The highest BCUT2D eigenvalue weighted by Crippen LogP contribution is 2.25. The van der Waals surface area contributed by atoms with E-state index in [2.05, 4.69) is 0 Å². The van der Waals surface area contributed by atoms with Crippen LogP contribution >= 0.6 is 0 Å². The number of hydrogen-bond acceptors (Lipinski definition) is 4. The average molecular weight is 338 g/mol. The zero-order valence-corrected chi connectivity index (χ0v) is 14.0. The second-order valence-corrected chi connectivity index (χ2v) is 5.54. The van der Waals surface area contributed by atoms with Gasteiger partial charge in [0.05, 0.1) is 18.2 Å². The molecule has 2 aromatic carbocycles. The van der Waals surface area contributed by atoms with Crippen molar-refractivity contribution in [1.29, 1.82) is 0 Å². The molecule has 0 saturated carbocycles. The van der Waals surface area contributed by atoms with E-state index in [1.165, 1.54) is 4.57 Å². The molecule has 0 aliphatic carbocycles. The predicted molar refractivity (Wildman–Crippen MR) is 94.3 cm³/mol. The molecular weight excluding hydrogens is 320 g/mol. The molecule has 128 valence electrons. The maximum Gasteiger partial charge on any atom is 0.269 e. The molecule has 1 amide bonds. The fourth-order valence-corrected chi connectivity index (χ4v) is 2.88. The molecule has 0 unspecified atom stereocenters. The van der Waals surface area contributed by atoms with Gasteiger partial charge in [0.2, 0.25) is 0 Å². The summed E-state index contributed by atoms with van der Waals surface area (Å²) in [5, 5.41) is 0.658. The van der Waals surface area contributed by atoms with Crippen molar-refractivity contribution >= 4 is 22.7 Å². The summed E-state index contributed by atoms with van der Waals surface area (Å²) in [6, 6.07) is 14.1. The van der Waals surface area contributed by atoms with Crippen LogP contribution in [-0.4, -0.2) is 30.1 Å². The molecule has 0 atom stereocenters. The SMILES string of the molecule is COc1ccc(OCC(=O)n2c(C)c(C(N)=O)c3ccccc32)cc1. The summed E-state index contributed by atoms with van der Waals surface area (Å²) >= 11 is 0. The maximum atomic E-state index is 12.7. The molecule has 1 aromatic heterocycles. The Balaban J connectivity index is 1.89. The standard InChI is InChI=1S/C19H18N2O4/c1-12-18(19(20)23)15-5-3-4-6-16(15)21(12)17(22)11-25-14-9-7-13(24-2)8-10-14/h3-10H,11H2,1-2H3,(H2,20,23). The Morgan fingerprint density at radius 3 is 2.32 bits per heavy atom. The summed E-state index contributed by atoms with van der Waals surface area (Å²) in [5.74, 6) is 0.420. The Bertz CT molecular complexity index is 942. The fraction of sp³-hybridized carbons (Fsp3) is 0.158. The van der Waals surface area contributed by atoms with Gasteiger partial charge in [0.25, 0.3) is 11.8 Å². The first-order valence-corrected chi connectivity index (χ1v) is 7.73. The van der Waals surface area contributed by atoms with Crippen LogP contribution in [0.2, 0.25) is 0 Å². The average Bonchev–Trinajstić information content (AvgIpc) is 2.92. The van der Waals surface area contributed by atoms with E-state index in [9.17, 15) is 9.59 Å². The van der Waals surface area contributed by atoms with Gasteiger partial charge in [-0.25, -0.2) is 0 Å². The molecule has 1 heterocycles. The summed E-state index contributed by atoms with van der Waals surface area (Å²) in [7, 11) is 1.58. The Labute approximate surface area is 144 Å². The van der Waals surface area contributed by atoms with E-state index in [-0.39, 0.29) is 12.5 Å². The molecule has 0 radical (unpaired) electrons. The molecule has 0 fully saturated rings. The molecule has 3 rings (SSSR count). The summed E-state index contributed by atoms with van der Waals surface area (Å²) < 4.78 is 12.1. The summed E-state index contributed by atoms with van der Waals surface area (Å²) in [6.45, 7) is 1.54. The molecule has 3 aromatic rings. The number of para-hydroxylation sites is 1. The molecule has 0 saturated heterocycles. The van der Waals surface area contributed by atoms with Gasteiger partial charge in [-0.2, -0.15) is 0 Å². The molecule has 0 aliphatic heterocycles. The van der Waals surface area contributed by atoms with Gasteiger partial charge in [-0.3, -0.25) is 14.2 Å². The minimum absolute atomic E-state index is 0.163. The van der Waals surface area contributed by atoms with Crippen LogP contribution in [0.5, 0.6) is 11.5 Å². The second kappa shape index (κ2) is 6.68. The van der Waals surface area contributed by atoms with Crippen LogP contribution in [0.3, 0.4) is 0 Å². The number of fused-ring (bicyclic) bond motifs is 1. The van der Waals surface area contributed by atoms with Crippen LogP contribution in [0.4, 0.5) is 0 Å². The smallest absolute Gasteiger partial charge is 0.269 e. The largest absolute Gasteiger partial charge is 0.497 e. The number of ether oxygens (including phenoxy) is 2. The van der Waals surface area contributed by atoms with Gasteiger partial charge in [0.1, 0.15) is 11.5 Å². The molecule has 0 spiro atoms. The first-order valence-electron chi connectivity index (χ1n) is 7.73. The van der Waals surface area contributed by atoms with Crippen molar-refractivity contribution in [1.82, 2.24) is 4.57 Å². The number of rotatable bonds is 5. The van der Waals surface area contributed by atoms with E-state index >= 15 is 0 Å². The molecule has 0 bridgehead atoms. The van der Waals surface area contributed by atoms with Crippen LogP contribution < -0.4 is 15.2 Å². The molecular formula is C19H18N2O4. The van der Waals surface area contributed by atoms with Crippen molar-refractivity contribution in [2.45, 2.75) is 6.92 Å². The van der Waals surface area contributed by atoms with E-state index in [1.54, 1.807) is 62.6 Å². The third-order valence-electron chi connectivity index (χ3n) is 4.03. The van der Waals surface area contributed by atoms with Gasteiger partial charge < -0.3 is 15.2 Å². The first kappa shape index (κ1) is 16.6. The minimum atomic E-state index is -0.559. The van der Waals surface area contributed by atoms with Crippen LogP contribution in [0.15, 0.2) is 48.5 Å². The number of amides is 1. The Morgan fingerprint density at radius 1 is 1.04 bits per heavy atom. The quantitative estimate of drug-likeness (QED) is 0.775. The number of methoxy groups -OCH3 is 1. The number of aromatic nitrogens is 1. The highest BCUT2D eigenvalue weighted by molar-refractivity contribution is 6.10. The van der Waals surface area contributed by atoms with Crippen molar-refractivity contribution in [2.24, 2.45) is 5.73 Å². The van der Waals surface area contributed by atoms with Crippen LogP contribution in [0.25, 0.3) is 10.9 Å². The lowest BCUT2D eigenvalue weighted by atomic mass is 10.1. The summed E-state index contributed by atoms with van der Waals surface area (Å²) in [5.41, 5.74) is 6.98. The van der Waals surface area contributed by atoms with Gasteiger partial charge in [-0.1, -0.05) is 18.2 Å². The van der Waals surface area contributed by atoms with Crippen molar-refractivity contribution in [3.05, 3.63) is 59.8 Å². The lowest BCUT2D eigenvalue weighted by Gasteiger charge is -2.09. The van der Waals surface area contributed by atoms with Gasteiger partial charge in [0, 0.05) is 11.1 Å². The van der Waals surface area contributed by atoms with Crippen molar-refractivity contribution < 1.29 is 19.1 Å². The molecule has 2 N–H and O–H groups in total. The highest BCUT2D eigenvalue weighted by atomic mass is 16.5. The van der Waals surface area contributed by atoms with Crippen molar-refractivity contribution in [3.63, 3.8) is 0 Å². The maximum absolute atomic E-state index is 12.7. The van der Waals surface area contributed by atoms with Crippen LogP contribution in [-0.2, 0) is 0 Å². The van der Waals surface area contributed by atoms with E-state index in [0.29, 0.717) is 33.7 Å². The highest BCUT2D eigenvalue weighted by Gasteiger charge is 2.21. The number of benzene rings is 2. The van der Waals surface area contributed by atoms with E-state index < -0.39 is 5.91 Å². The van der Waals surface area contributed by atoms with Gasteiger partial charge in [-0.15, -0.1) is 0 Å². The Morgan fingerprint density at radius 2 is 1.68 bits per heavy atom. The van der Waals surface area contributed by atoms with Crippen LogP contribution in [0, 0.1) is 6.92 Å². The summed E-state index contributed by atoms with van der Waals surface area (Å²) in [6.07, 6.45) is 0. The number of hydrogen-bond donors (Lipinski definition) is 1.